The van der Waals surface area contributed by atoms with Crippen LogP contribution in [0, 0.1) is 0 Å². The Morgan fingerprint density at radius 2 is 1.84 bits per heavy atom. The number of anilines is 2. The molecule has 32 heavy (non-hydrogen) atoms. The normalized spacial score (nSPS) is 22.3. The number of carbonyl (C=O) groups excluding carboxylic acids is 2. The number of hydrogen-bond acceptors (Lipinski definition) is 4. The third-order valence-electron chi connectivity index (χ3n) is 6.04. The Balaban J connectivity index is 1.53. The number of rotatable bonds is 5. The number of nitrogens with one attached hydrogen (secondary N) is 3. The molecule has 168 valence electrons. The number of amides is 2. The Labute approximate surface area is 193 Å². The number of benzene rings is 2. The largest absolute Gasteiger partial charge is 0.497 e. The highest BCUT2D eigenvalue weighted by molar-refractivity contribution is 7.80. The zero-order valence-corrected chi connectivity index (χ0v) is 18.9. The van der Waals surface area contributed by atoms with Gasteiger partial charge in [-0.05, 0) is 49.3 Å². The zero-order chi connectivity index (χ0) is 22.5. The molecule has 1 heterocycles. The highest BCUT2D eigenvalue weighted by Crippen LogP contribution is 2.30. The Bertz CT molecular complexity index is 984. The number of methoxy groups -OCH3 is 1. The molecule has 8 heteroatoms. The maximum atomic E-state index is 13.1. The molecule has 3 unspecified atom stereocenters. The van der Waals surface area contributed by atoms with Gasteiger partial charge in [0, 0.05) is 23.5 Å². The summed E-state index contributed by atoms with van der Waals surface area (Å²) in [6.45, 7) is 0. The number of piperazine rings is 1. The average molecular weight is 453 g/mol. The molecule has 0 spiro atoms. The minimum Gasteiger partial charge on any atom is -0.497 e. The van der Waals surface area contributed by atoms with Crippen molar-refractivity contribution in [3.63, 3.8) is 0 Å². The summed E-state index contributed by atoms with van der Waals surface area (Å²) in [5, 5.41) is 9.75. The van der Waals surface area contributed by atoms with E-state index >= 15 is 0 Å². The van der Waals surface area contributed by atoms with Gasteiger partial charge >= 0.3 is 0 Å². The number of thiocarbonyl (C=S) groups is 1. The number of ether oxygens (including phenoxy) is 1. The summed E-state index contributed by atoms with van der Waals surface area (Å²) in [5.41, 5.74) is 1.48. The lowest BCUT2D eigenvalue weighted by Crippen LogP contribution is -2.68. The SMILES string of the molecule is COc1cccc(NC(=O)CC2C(=O)NC3CCCCC3N2C(=S)Nc2ccccc2)c1. The number of hydrogen-bond donors (Lipinski definition) is 3. The molecule has 1 aliphatic heterocycles. The summed E-state index contributed by atoms with van der Waals surface area (Å²) < 4.78 is 5.22. The van der Waals surface area contributed by atoms with Gasteiger partial charge < -0.3 is 25.6 Å². The van der Waals surface area contributed by atoms with Gasteiger partial charge in [0.15, 0.2) is 5.11 Å². The zero-order valence-electron chi connectivity index (χ0n) is 18.0. The highest BCUT2D eigenvalue weighted by Gasteiger charge is 2.44. The molecule has 2 amide bonds. The van der Waals surface area contributed by atoms with E-state index in [4.69, 9.17) is 17.0 Å². The quantitative estimate of drug-likeness (QED) is 0.602. The van der Waals surface area contributed by atoms with Crippen molar-refractivity contribution < 1.29 is 14.3 Å². The molecular formula is C24H28N4O3S. The van der Waals surface area contributed by atoms with Crippen molar-refractivity contribution in [2.45, 2.75) is 50.2 Å². The Hall–Kier alpha value is -3.13. The molecule has 2 aromatic carbocycles. The van der Waals surface area contributed by atoms with Gasteiger partial charge in [-0.2, -0.15) is 0 Å². The van der Waals surface area contributed by atoms with Crippen LogP contribution in [0.2, 0.25) is 0 Å². The number of carbonyl (C=O) groups is 2. The first-order valence-corrected chi connectivity index (χ1v) is 11.3. The average Bonchev–Trinajstić information content (AvgIpc) is 2.80. The second kappa shape index (κ2) is 9.99. The molecule has 1 saturated heterocycles. The van der Waals surface area contributed by atoms with E-state index in [1.807, 2.05) is 41.3 Å². The van der Waals surface area contributed by atoms with Crippen molar-refractivity contribution in [2.75, 3.05) is 17.7 Å². The summed E-state index contributed by atoms with van der Waals surface area (Å²) in [6.07, 6.45) is 4.00. The minimum atomic E-state index is -0.677. The molecule has 1 aliphatic carbocycles. The molecule has 0 bridgehead atoms. The molecule has 0 aromatic heterocycles. The molecule has 4 rings (SSSR count). The molecule has 2 fully saturated rings. The third-order valence-corrected chi connectivity index (χ3v) is 6.36. The van der Waals surface area contributed by atoms with Gasteiger partial charge in [-0.15, -0.1) is 0 Å². The summed E-state index contributed by atoms with van der Waals surface area (Å²) in [7, 11) is 1.58. The fraction of sp³-hybridized carbons (Fsp3) is 0.375. The van der Waals surface area contributed by atoms with Crippen molar-refractivity contribution in [2.24, 2.45) is 0 Å². The first kappa shape index (κ1) is 22.1. The second-order valence-electron chi connectivity index (χ2n) is 8.17. The molecule has 3 atom stereocenters. The summed E-state index contributed by atoms with van der Waals surface area (Å²) in [5.74, 6) is 0.240. The van der Waals surface area contributed by atoms with Crippen LogP contribution in [0.1, 0.15) is 32.1 Å². The van der Waals surface area contributed by atoms with Crippen molar-refractivity contribution >= 4 is 40.5 Å². The predicted molar refractivity (Wildman–Crippen MR) is 129 cm³/mol. The summed E-state index contributed by atoms with van der Waals surface area (Å²) >= 11 is 5.76. The van der Waals surface area contributed by atoms with E-state index in [1.54, 1.807) is 25.3 Å². The Kier molecular flexibility index (Phi) is 6.90. The summed E-state index contributed by atoms with van der Waals surface area (Å²) in [4.78, 5) is 27.9. The van der Waals surface area contributed by atoms with Gasteiger partial charge in [-0.25, -0.2) is 0 Å². The van der Waals surface area contributed by atoms with E-state index in [1.165, 1.54) is 0 Å². The number of nitrogens with zero attached hydrogens (tertiary/aromatic N) is 1. The maximum Gasteiger partial charge on any atom is 0.243 e. The van der Waals surface area contributed by atoms with E-state index < -0.39 is 6.04 Å². The maximum absolute atomic E-state index is 13.1. The van der Waals surface area contributed by atoms with Crippen molar-refractivity contribution in [1.82, 2.24) is 10.2 Å². The minimum absolute atomic E-state index is 0.00285. The van der Waals surface area contributed by atoms with Gasteiger partial charge in [-0.3, -0.25) is 9.59 Å². The van der Waals surface area contributed by atoms with Crippen LogP contribution >= 0.6 is 12.2 Å². The van der Waals surface area contributed by atoms with Crippen molar-refractivity contribution in [3.8, 4) is 5.75 Å². The van der Waals surface area contributed by atoms with Crippen LogP contribution in [0.4, 0.5) is 11.4 Å². The van der Waals surface area contributed by atoms with Gasteiger partial charge in [0.2, 0.25) is 11.8 Å². The van der Waals surface area contributed by atoms with E-state index in [2.05, 4.69) is 16.0 Å². The van der Waals surface area contributed by atoms with Crippen LogP contribution in [0.3, 0.4) is 0 Å². The molecule has 2 aromatic rings. The van der Waals surface area contributed by atoms with Crippen molar-refractivity contribution in [1.29, 1.82) is 0 Å². The third kappa shape index (κ3) is 5.02. The smallest absolute Gasteiger partial charge is 0.243 e. The molecular weight excluding hydrogens is 424 g/mol. The van der Waals surface area contributed by atoms with E-state index in [0.29, 0.717) is 16.5 Å². The molecule has 2 aliphatic rings. The van der Waals surface area contributed by atoms with Gasteiger partial charge in [0.05, 0.1) is 19.6 Å². The fourth-order valence-electron chi connectivity index (χ4n) is 4.53. The van der Waals surface area contributed by atoms with Crippen LogP contribution in [0.5, 0.6) is 5.75 Å². The van der Waals surface area contributed by atoms with E-state index in [0.717, 1.165) is 31.4 Å². The molecule has 7 nitrogen and oxygen atoms in total. The van der Waals surface area contributed by atoms with Crippen LogP contribution in [0.25, 0.3) is 0 Å². The van der Waals surface area contributed by atoms with E-state index in [-0.39, 0.29) is 30.3 Å². The van der Waals surface area contributed by atoms with Crippen LogP contribution in [0.15, 0.2) is 54.6 Å². The first-order valence-electron chi connectivity index (χ1n) is 10.9. The number of para-hydroxylation sites is 1. The fourth-order valence-corrected chi connectivity index (χ4v) is 4.91. The first-order chi connectivity index (χ1) is 15.5. The molecule has 3 N–H and O–H groups in total. The lowest BCUT2D eigenvalue weighted by Gasteiger charge is -2.49. The standard InChI is InChI=1S/C24H28N4O3S/c1-31-18-11-7-10-17(14-18)25-22(29)15-21-23(30)27-19-12-5-6-13-20(19)28(21)24(32)26-16-8-3-2-4-9-16/h2-4,7-11,14,19-21H,5-6,12-13,15H2,1H3,(H,25,29)(H,26,32)(H,27,30). The van der Waals surface area contributed by atoms with Gasteiger partial charge in [0.1, 0.15) is 11.8 Å². The molecule has 1 saturated carbocycles. The van der Waals surface area contributed by atoms with Crippen LogP contribution < -0.4 is 20.7 Å². The van der Waals surface area contributed by atoms with Gasteiger partial charge in [-0.1, -0.05) is 37.1 Å². The van der Waals surface area contributed by atoms with E-state index in [9.17, 15) is 9.59 Å². The monoisotopic (exact) mass is 452 g/mol. The second-order valence-corrected chi connectivity index (χ2v) is 8.56. The van der Waals surface area contributed by atoms with Crippen LogP contribution in [-0.4, -0.2) is 47.1 Å². The lowest BCUT2D eigenvalue weighted by atomic mass is 9.85. The topological polar surface area (TPSA) is 82.7 Å². The lowest BCUT2D eigenvalue weighted by molar-refractivity contribution is -0.134. The van der Waals surface area contributed by atoms with Crippen molar-refractivity contribution in [3.05, 3.63) is 54.6 Å². The highest BCUT2D eigenvalue weighted by atomic mass is 32.1. The molecule has 0 radical (unpaired) electrons. The predicted octanol–water partition coefficient (Wildman–Crippen LogP) is 3.53. The Morgan fingerprint density at radius 3 is 2.62 bits per heavy atom. The number of fused-ring (bicyclic) bond motifs is 1. The van der Waals surface area contributed by atoms with Gasteiger partial charge in [0.25, 0.3) is 0 Å². The summed E-state index contributed by atoms with van der Waals surface area (Å²) in [6, 6.07) is 16.2. The Morgan fingerprint density at radius 1 is 1.09 bits per heavy atom. The van der Waals surface area contributed by atoms with Crippen LogP contribution in [-0.2, 0) is 9.59 Å².